The number of carbonyl (C=O) groups excluding carboxylic acids is 1. The lowest BCUT2D eigenvalue weighted by molar-refractivity contribution is -0.137. The molecule has 0 bridgehead atoms. The van der Waals surface area contributed by atoms with Gasteiger partial charge in [0, 0.05) is 17.8 Å². The number of hydrogen-bond donors (Lipinski definition) is 2. The first-order valence-corrected chi connectivity index (χ1v) is 11.6. The fourth-order valence-corrected chi connectivity index (χ4v) is 5.46. The summed E-state index contributed by atoms with van der Waals surface area (Å²) in [6, 6.07) is 5.84. The Hall–Kier alpha value is -2.01. The number of nitrogens with zero attached hydrogens (tertiary/aromatic N) is 1. The highest BCUT2D eigenvalue weighted by Crippen LogP contribution is 2.47. The Labute approximate surface area is 190 Å². The first-order valence-electron chi connectivity index (χ1n) is 11.2. The summed E-state index contributed by atoms with van der Waals surface area (Å²) in [6.07, 6.45) is 6.42. The molecule has 1 heterocycles. The molecule has 2 aliphatic rings. The second-order valence-electron chi connectivity index (χ2n) is 10.4. The molecular weight excluding hydrogens is 412 g/mol. The first kappa shape index (κ1) is 23.6. The molecule has 5 nitrogen and oxygen atoms in total. The molecule has 1 aromatic carbocycles. The monoisotopic (exact) mass is 446 g/mol. The molecule has 170 valence electrons. The predicted molar refractivity (Wildman–Crippen MR) is 124 cm³/mol. The van der Waals surface area contributed by atoms with E-state index in [9.17, 15) is 9.59 Å². The van der Waals surface area contributed by atoms with Gasteiger partial charge in [-0.3, -0.25) is 4.79 Å². The van der Waals surface area contributed by atoms with Crippen LogP contribution in [-0.4, -0.2) is 28.6 Å². The van der Waals surface area contributed by atoms with E-state index in [0.29, 0.717) is 5.41 Å². The zero-order valence-electron chi connectivity index (χ0n) is 19.3. The Kier molecular flexibility index (Phi) is 6.75. The molecule has 1 atom stereocenters. The summed E-state index contributed by atoms with van der Waals surface area (Å²) in [7, 11) is 0. The van der Waals surface area contributed by atoms with Crippen molar-refractivity contribution < 1.29 is 14.7 Å². The maximum absolute atomic E-state index is 12.7. The topological polar surface area (TPSA) is 69.6 Å². The molecular formula is C25H35ClN2O3. The van der Waals surface area contributed by atoms with Crippen molar-refractivity contribution in [1.29, 1.82) is 0 Å². The van der Waals surface area contributed by atoms with E-state index in [2.05, 4.69) is 45.1 Å². The van der Waals surface area contributed by atoms with Crippen molar-refractivity contribution in [2.75, 3.05) is 6.54 Å². The number of urea groups is 1. The van der Waals surface area contributed by atoms with Gasteiger partial charge in [0.1, 0.15) is 0 Å². The highest BCUT2D eigenvalue weighted by atomic mass is 35.5. The van der Waals surface area contributed by atoms with Crippen molar-refractivity contribution in [1.82, 2.24) is 10.2 Å². The fourth-order valence-electron chi connectivity index (χ4n) is 5.19. The van der Waals surface area contributed by atoms with Crippen LogP contribution in [-0.2, 0) is 16.8 Å². The summed E-state index contributed by atoms with van der Waals surface area (Å²) in [4.78, 5) is 25.1. The lowest BCUT2D eigenvalue weighted by Gasteiger charge is -2.43. The Bertz CT molecular complexity index is 885. The predicted octanol–water partition coefficient (Wildman–Crippen LogP) is 5.96. The lowest BCUT2D eigenvalue weighted by atomic mass is 9.63. The Morgan fingerprint density at radius 1 is 1.29 bits per heavy atom. The number of carboxylic acid groups (broad SMARTS) is 1. The second-order valence-corrected chi connectivity index (χ2v) is 10.8. The molecule has 0 unspecified atom stereocenters. The van der Waals surface area contributed by atoms with Gasteiger partial charge >= 0.3 is 12.0 Å². The first-order chi connectivity index (χ1) is 14.4. The lowest BCUT2D eigenvalue weighted by Crippen LogP contribution is -2.55. The maximum atomic E-state index is 12.7. The van der Waals surface area contributed by atoms with Crippen molar-refractivity contribution in [2.24, 2.45) is 17.3 Å². The number of rotatable bonds is 8. The smallest absolute Gasteiger partial charge is 0.322 e. The van der Waals surface area contributed by atoms with Crippen LogP contribution in [0.25, 0.3) is 0 Å². The average Bonchev–Trinajstić information content (AvgIpc) is 2.64. The SMILES string of the molecule is CC(C)C1=CN(CCC(=O)O)C(=O)N[C@@]1(C)c1ccc(CCC2CC(C)(C)C2)c(Cl)c1. The molecule has 0 spiro atoms. The normalized spacial score (nSPS) is 23.4. The standard InChI is InChI=1S/C25H35ClN2O3/c1-16(2)20-15-28(11-10-22(29)30)23(31)27-25(20,5)19-9-8-18(21(26)12-19)7-6-17-13-24(3,4)14-17/h8-9,12,15-17H,6-7,10-11,13-14H2,1-5H3,(H,27,31)(H,29,30)/t25-/m0/s1. The van der Waals surface area contributed by atoms with E-state index in [0.717, 1.165) is 40.5 Å². The molecule has 6 heteroatoms. The van der Waals surface area contributed by atoms with Crippen molar-refractivity contribution >= 4 is 23.6 Å². The summed E-state index contributed by atoms with van der Waals surface area (Å²) in [5.41, 5.74) is 2.92. The minimum atomic E-state index is -0.923. The van der Waals surface area contributed by atoms with Crippen molar-refractivity contribution in [3.05, 3.63) is 46.1 Å². The largest absolute Gasteiger partial charge is 0.481 e. The number of benzene rings is 1. The van der Waals surface area contributed by atoms with Crippen LogP contribution in [0.3, 0.4) is 0 Å². The van der Waals surface area contributed by atoms with Gasteiger partial charge < -0.3 is 15.3 Å². The van der Waals surface area contributed by atoms with Crippen LogP contribution >= 0.6 is 11.6 Å². The Morgan fingerprint density at radius 2 is 1.97 bits per heavy atom. The van der Waals surface area contributed by atoms with Gasteiger partial charge in [-0.2, -0.15) is 0 Å². The van der Waals surface area contributed by atoms with Crippen LogP contribution in [0.1, 0.15) is 71.4 Å². The van der Waals surface area contributed by atoms with E-state index in [4.69, 9.17) is 16.7 Å². The highest BCUT2D eigenvalue weighted by molar-refractivity contribution is 6.31. The van der Waals surface area contributed by atoms with E-state index in [1.807, 2.05) is 19.2 Å². The number of hydrogen-bond acceptors (Lipinski definition) is 2. The quantitative estimate of drug-likeness (QED) is 0.517. The Balaban J connectivity index is 1.79. The summed E-state index contributed by atoms with van der Waals surface area (Å²) >= 11 is 6.68. The van der Waals surface area contributed by atoms with Crippen LogP contribution in [0.2, 0.25) is 5.02 Å². The minimum Gasteiger partial charge on any atom is -0.481 e. The van der Waals surface area contributed by atoms with Crippen molar-refractivity contribution in [3.63, 3.8) is 0 Å². The summed E-state index contributed by atoms with van der Waals surface area (Å²) < 4.78 is 0. The highest BCUT2D eigenvalue weighted by Gasteiger charge is 2.40. The van der Waals surface area contributed by atoms with Gasteiger partial charge in [0.15, 0.2) is 0 Å². The molecule has 0 saturated heterocycles. The van der Waals surface area contributed by atoms with Gasteiger partial charge in [0.2, 0.25) is 0 Å². The van der Waals surface area contributed by atoms with E-state index < -0.39 is 11.5 Å². The minimum absolute atomic E-state index is 0.0925. The van der Waals surface area contributed by atoms with Crippen LogP contribution in [0, 0.1) is 17.3 Å². The molecule has 1 saturated carbocycles. The van der Waals surface area contributed by atoms with Gasteiger partial charge in [0.25, 0.3) is 0 Å². The molecule has 1 aromatic rings. The number of nitrogens with one attached hydrogen (secondary N) is 1. The van der Waals surface area contributed by atoms with E-state index in [-0.39, 0.29) is 24.9 Å². The average molecular weight is 447 g/mol. The number of amides is 2. The number of carbonyl (C=O) groups is 2. The van der Waals surface area contributed by atoms with Crippen LogP contribution in [0.4, 0.5) is 4.79 Å². The van der Waals surface area contributed by atoms with Gasteiger partial charge in [0.05, 0.1) is 12.0 Å². The van der Waals surface area contributed by atoms with E-state index in [1.165, 1.54) is 17.7 Å². The zero-order valence-corrected chi connectivity index (χ0v) is 20.1. The molecule has 1 aliphatic heterocycles. The van der Waals surface area contributed by atoms with Crippen molar-refractivity contribution in [3.8, 4) is 0 Å². The molecule has 1 aliphatic carbocycles. The molecule has 3 rings (SSSR count). The number of aliphatic carboxylic acids is 1. The molecule has 2 N–H and O–H groups in total. The number of halogens is 1. The fraction of sp³-hybridized carbons (Fsp3) is 0.600. The third-order valence-corrected chi connectivity index (χ3v) is 7.17. The molecule has 0 radical (unpaired) electrons. The van der Waals surface area contributed by atoms with Crippen LogP contribution < -0.4 is 5.32 Å². The Morgan fingerprint density at radius 3 is 2.52 bits per heavy atom. The van der Waals surface area contributed by atoms with E-state index >= 15 is 0 Å². The molecule has 31 heavy (non-hydrogen) atoms. The van der Waals surface area contributed by atoms with Gasteiger partial charge in [-0.1, -0.05) is 51.4 Å². The summed E-state index contributed by atoms with van der Waals surface area (Å²) in [5, 5.41) is 12.8. The maximum Gasteiger partial charge on any atom is 0.322 e. The third kappa shape index (κ3) is 5.25. The van der Waals surface area contributed by atoms with Gasteiger partial charge in [-0.15, -0.1) is 0 Å². The summed E-state index contributed by atoms with van der Waals surface area (Å²) in [6.45, 7) is 10.9. The third-order valence-electron chi connectivity index (χ3n) is 6.81. The second kappa shape index (κ2) is 8.85. The van der Waals surface area contributed by atoms with Gasteiger partial charge in [-0.05, 0) is 72.6 Å². The van der Waals surface area contributed by atoms with Gasteiger partial charge in [-0.25, -0.2) is 4.79 Å². The number of carboxylic acids is 1. The molecule has 0 aromatic heterocycles. The summed E-state index contributed by atoms with van der Waals surface area (Å²) in [5.74, 6) is 0.0278. The number of aryl methyl sites for hydroxylation is 1. The van der Waals surface area contributed by atoms with Crippen LogP contribution in [0.15, 0.2) is 30.0 Å². The zero-order chi connectivity index (χ0) is 23.0. The molecule has 2 amide bonds. The van der Waals surface area contributed by atoms with Crippen molar-refractivity contribution in [2.45, 2.75) is 72.3 Å². The van der Waals surface area contributed by atoms with E-state index in [1.54, 1.807) is 0 Å². The van der Waals surface area contributed by atoms with Crippen LogP contribution in [0.5, 0.6) is 0 Å². The molecule has 1 fully saturated rings.